The van der Waals surface area contributed by atoms with Gasteiger partial charge in [-0.25, -0.2) is 13.1 Å². The Balaban J connectivity index is 1.97. The lowest BCUT2D eigenvalue weighted by molar-refractivity contribution is 0.340. The minimum atomic E-state index is -3.70. The van der Waals surface area contributed by atoms with Gasteiger partial charge in [0, 0.05) is 19.7 Å². The van der Waals surface area contributed by atoms with Crippen LogP contribution in [0.15, 0.2) is 52.0 Å². The predicted molar refractivity (Wildman–Crippen MR) is 86.3 cm³/mol. The van der Waals surface area contributed by atoms with E-state index in [1.165, 1.54) is 22.3 Å². The van der Waals surface area contributed by atoms with Gasteiger partial charge in [0.05, 0.1) is 17.2 Å². The molecule has 0 amide bonds. The SMILES string of the molecule is C[C@@H](c1ccco1)N(C)S(=O)(=O)c1cccc(-c2nnnn2C)c1. The summed E-state index contributed by atoms with van der Waals surface area (Å²) in [6.07, 6.45) is 1.52. The number of furan rings is 1. The standard InChI is InChI=1S/C15H17N5O3S/c1-11(14-8-5-9-23-14)20(3)24(21,22)13-7-4-6-12(10-13)15-16-17-18-19(15)2/h4-11H,1-3H3/t11-/m0/s1. The molecule has 0 radical (unpaired) electrons. The van der Waals surface area contributed by atoms with Crippen molar-refractivity contribution < 1.29 is 12.8 Å². The monoisotopic (exact) mass is 347 g/mol. The van der Waals surface area contributed by atoms with Crippen LogP contribution in [0.3, 0.4) is 0 Å². The molecule has 1 aromatic carbocycles. The number of tetrazole rings is 1. The Kier molecular flexibility index (Phi) is 4.20. The van der Waals surface area contributed by atoms with Gasteiger partial charge in [-0.1, -0.05) is 12.1 Å². The third-order valence-electron chi connectivity index (χ3n) is 3.89. The summed E-state index contributed by atoms with van der Waals surface area (Å²) in [4.78, 5) is 0.170. The van der Waals surface area contributed by atoms with Crippen LogP contribution in [0.2, 0.25) is 0 Å². The molecule has 24 heavy (non-hydrogen) atoms. The van der Waals surface area contributed by atoms with E-state index in [-0.39, 0.29) is 4.90 Å². The van der Waals surface area contributed by atoms with Crippen molar-refractivity contribution in [1.29, 1.82) is 0 Å². The van der Waals surface area contributed by atoms with Crippen molar-refractivity contribution in [2.24, 2.45) is 7.05 Å². The van der Waals surface area contributed by atoms with Crippen molar-refractivity contribution >= 4 is 10.0 Å². The average molecular weight is 347 g/mol. The van der Waals surface area contributed by atoms with Gasteiger partial charge in [0.2, 0.25) is 10.0 Å². The fraction of sp³-hybridized carbons (Fsp3) is 0.267. The van der Waals surface area contributed by atoms with E-state index in [9.17, 15) is 8.42 Å². The lowest BCUT2D eigenvalue weighted by Gasteiger charge is -2.23. The highest BCUT2D eigenvalue weighted by Crippen LogP contribution is 2.27. The molecule has 0 aliphatic heterocycles. The average Bonchev–Trinajstić information content (AvgIpc) is 3.25. The number of aryl methyl sites for hydroxylation is 1. The Bertz CT molecular complexity index is 934. The number of hydrogen-bond donors (Lipinski definition) is 0. The molecular formula is C15H17N5O3S. The summed E-state index contributed by atoms with van der Waals surface area (Å²) in [5.41, 5.74) is 0.627. The molecule has 0 fully saturated rings. The molecule has 0 spiro atoms. The smallest absolute Gasteiger partial charge is 0.243 e. The molecule has 126 valence electrons. The van der Waals surface area contributed by atoms with E-state index in [1.807, 2.05) is 0 Å². The maximum absolute atomic E-state index is 12.9. The predicted octanol–water partition coefficient (Wildman–Crippen LogP) is 1.85. The molecule has 0 bridgehead atoms. The van der Waals surface area contributed by atoms with Gasteiger partial charge in [0.25, 0.3) is 0 Å². The van der Waals surface area contributed by atoms with E-state index < -0.39 is 16.1 Å². The second-order valence-electron chi connectivity index (χ2n) is 5.37. The zero-order valence-electron chi connectivity index (χ0n) is 13.5. The number of rotatable bonds is 5. The molecule has 1 atom stereocenters. The Labute approximate surface area is 139 Å². The third-order valence-corrected chi connectivity index (χ3v) is 5.81. The molecular weight excluding hydrogens is 330 g/mol. The third kappa shape index (κ3) is 2.83. The summed E-state index contributed by atoms with van der Waals surface area (Å²) in [6.45, 7) is 1.77. The first kappa shape index (κ1) is 16.3. The fourth-order valence-corrected chi connectivity index (χ4v) is 3.73. The van der Waals surface area contributed by atoms with E-state index in [0.717, 1.165) is 0 Å². The maximum atomic E-state index is 12.9. The summed E-state index contributed by atoms with van der Waals surface area (Å²) in [5, 5.41) is 11.3. The minimum absolute atomic E-state index is 0.170. The van der Waals surface area contributed by atoms with Crippen LogP contribution in [0.25, 0.3) is 11.4 Å². The van der Waals surface area contributed by atoms with E-state index >= 15 is 0 Å². The largest absolute Gasteiger partial charge is 0.468 e. The zero-order valence-corrected chi connectivity index (χ0v) is 14.3. The molecule has 3 aromatic rings. The van der Waals surface area contributed by atoms with Gasteiger partial charge < -0.3 is 4.42 Å². The van der Waals surface area contributed by atoms with E-state index in [2.05, 4.69) is 15.5 Å². The molecule has 0 aliphatic rings. The van der Waals surface area contributed by atoms with Crippen LogP contribution in [0, 0.1) is 0 Å². The molecule has 2 aromatic heterocycles. The van der Waals surface area contributed by atoms with E-state index in [4.69, 9.17) is 4.42 Å². The summed E-state index contributed by atoms with van der Waals surface area (Å²) >= 11 is 0. The van der Waals surface area contributed by atoms with Crippen LogP contribution in [0.4, 0.5) is 0 Å². The molecule has 0 N–H and O–H groups in total. The Hall–Kier alpha value is -2.52. The Morgan fingerprint density at radius 1 is 1.25 bits per heavy atom. The molecule has 0 aliphatic carbocycles. The second-order valence-corrected chi connectivity index (χ2v) is 7.36. The number of sulfonamides is 1. The first-order chi connectivity index (χ1) is 11.4. The van der Waals surface area contributed by atoms with Crippen molar-refractivity contribution in [2.45, 2.75) is 17.9 Å². The Morgan fingerprint density at radius 3 is 2.67 bits per heavy atom. The van der Waals surface area contributed by atoms with Gasteiger partial charge in [-0.15, -0.1) is 5.10 Å². The number of aromatic nitrogens is 4. The van der Waals surface area contributed by atoms with Crippen LogP contribution < -0.4 is 0 Å². The molecule has 9 heteroatoms. The maximum Gasteiger partial charge on any atom is 0.243 e. The first-order valence-electron chi connectivity index (χ1n) is 7.25. The number of benzene rings is 1. The van der Waals surface area contributed by atoms with Crippen molar-refractivity contribution in [3.8, 4) is 11.4 Å². The second kappa shape index (κ2) is 6.17. The highest BCUT2D eigenvalue weighted by molar-refractivity contribution is 7.89. The molecule has 8 nitrogen and oxygen atoms in total. The summed E-state index contributed by atoms with van der Waals surface area (Å²) in [6, 6.07) is 9.60. The molecule has 0 unspecified atom stereocenters. The van der Waals surface area contributed by atoms with Gasteiger partial charge in [0.1, 0.15) is 5.76 Å². The van der Waals surface area contributed by atoms with Gasteiger partial charge in [-0.3, -0.25) is 0 Å². The summed E-state index contributed by atoms with van der Waals surface area (Å²) in [5.74, 6) is 1.07. The van der Waals surface area contributed by atoms with Crippen molar-refractivity contribution in [3.63, 3.8) is 0 Å². The van der Waals surface area contributed by atoms with Gasteiger partial charge >= 0.3 is 0 Å². The molecule has 0 saturated heterocycles. The van der Waals surface area contributed by atoms with Crippen LogP contribution in [-0.2, 0) is 17.1 Å². The topological polar surface area (TPSA) is 94.1 Å². The number of nitrogens with zero attached hydrogens (tertiary/aromatic N) is 5. The quantitative estimate of drug-likeness (QED) is 0.699. The molecule has 0 saturated carbocycles. The first-order valence-corrected chi connectivity index (χ1v) is 8.69. The van der Waals surface area contributed by atoms with Crippen molar-refractivity contribution in [3.05, 3.63) is 48.4 Å². The number of hydrogen-bond acceptors (Lipinski definition) is 6. The van der Waals surface area contributed by atoms with Gasteiger partial charge in [0.15, 0.2) is 5.82 Å². The van der Waals surface area contributed by atoms with Crippen LogP contribution in [-0.4, -0.2) is 40.0 Å². The van der Waals surface area contributed by atoms with Crippen LogP contribution in [0.5, 0.6) is 0 Å². The van der Waals surface area contributed by atoms with E-state index in [1.54, 1.807) is 50.4 Å². The summed E-state index contributed by atoms with van der Waals surface area (Å²) in [7, 11) is -0.472. The molecule has 3 rings (SSSR count). The van der Waals surface area contributed by atoms with Crippen molar-refractivity contribution in [1.82, 2.24) is 24.5 Å². The van der Waals surface area contributed by atoms with E-state index in [0.29, 0.717) is 17.1 Å². The van der Waals surface area contributed by atoms with Crippen LogP contribution in [0.1, 0.15) is 18.7 Å². The molecule has 2 heterocycles. The zero-order chi connectivity index (χ0) is 17.3. The van der Waals surface area contributed by atoms with Crippen molar-refractivity contribution in [2.75, 3.05) is 7.05 Å². The Morgan fingerprint density at radius 2 is 2.04 bits per heavy atom. The lowest BCUT2D eigenvalue weighted by Crippen LogP contribution is -2.29. The highest BCUT2D eigenvalue weighted by Gasteiger charge is 2.28. The van der Waals surface area contributed by atoms with Gasteiger partial charge in [-0.05, 0) is 41.6 Å². The normalized spacial score (nSPS) is 13.3. The summed E-state index contributed by atoms with van der Waals surface area (Å²) < 4.78 is 33.9. The lowest BCUT2D eigenvalue weighted by atomic mass is 10.2. The minimum Gasteiger partial charge on any atom is -0.468 e. The highest BCUT2D eigenvalue weighted by atomic mass is 32.2. The fourth-order valence-electron chi connectivity index (χ4n) is 2.35. The van der Waals surface area contributed by atoms with Crippen LogP contribution >= 0.6 is 0 Å². The van der Waals surface area contributed by atoms with Gasteiger partial charge in [-0.2, -0.15) is 4.31 Å².